The van der Waals surface area contributed by atoms with Crippen molar-refractivity contribution in [1.82, 2.24) is 14.8 Å². The zero-order valence-electron chi connectivity index (χ0n) is 10.5. The van der Waals surface area contributed by atoms with Gasteiger partial charge in [0.1, 0.15) is 11.5 Å². The fourth-order valence-corrected chi connectivity index (χ4v) is 2.47. The SMILES string of the molecule is Cc1ccc(C(CN)Sc2nc(=O)c(=O)[nH]n2C)o1. The molecule has 0 saturated heterocycles. The van der Waals surface area contributed by atoms with Gasteiger partial charge < -0.3 is 10.2 Å². The molecule has 2 rings (SSSR count). The summed E-state index contributed by atoms with van der Waals surface area (Å²) in [5.74, 6) is 1.50. The normalized spacial score (nSPS) is 12.6. The number of aryl methyl sites for hydroxylation is 2. The van der Waals surface area contributed by atoms with Crippen molar-refractivity contribution in [2.24, 2.45) is 12.8 Å². The van der Waals surface area contributed by atoms with Crippen LogP contribution in [0.25, 0.3) is 0 Å². The molecule has 0 amide bonds. The summed E-state index contributed by atoms with van der Waals surface area (Å²) >= 11 is 1.27. The van der Waals surface area contributed by atoms with Gasteiger partial charge in [0.15, 0.2) is 5.16 Å². The van der Waals surface area contributed by atoms with E-state index in [1.165, 1.54) is 16.4 Å². The highest BCUT2D eigenvalue weighted by molar-refractivity contribution is 7.99. The molecule has 102 valence electrons. The first-order valence-corrected chi connectivity index (χ1v) is 6.49. The second-order valence-electron chi connectivity index (χ2n) is 3.99. The first-order valence-electron chi connectivity index (χ1n) is 5.61. The third kappa shape index (κ3) is 2.96. The van der Waals surface area contributed by atoms with Gasteiger partial charge in [0.25, 0.3) is 0 Å². The molecule has 7 nitrogen and oxygen atoms in total. The fourth-order valence-electron chi connectivity index (χ4n) is 1.54. The van der Waals surface area contributed by atoms with E-state index < -0.39 is 11.1 Å². The number of hydrogen-bond acceptors (Lipinski definition) is 6. The Balaban J connectivity index is 2.31. The summed E-state index contributed by atoms with van der Waals surface area (Å²) in [5, 5.41) is 2.60. The van der Waals surface area contributed by atoms with Crippen LogP contribution < -0.4 is 16.9 Å². The van der Waals surface area contributed by atoms with Crippen LogP contribution in [0, 0.1) is 6.92 Å². The van der Waals surface area contributed by atoms with Crippen LogP contribution in [0.5, 0.6) is 0 Å². The minimum absolute atomic E-state index is 0.169. The Bertz CT molecular complexity index is 688. The number of H-pyrrole nitrogens is 1. The monoisotopic (exact) mass is 282 g/mol. The van der Waals surface area contributed by atoms with Crippen molar-refractivity contribution in [1.29, 1.82) is 0 Å². The van der Waals surface area contributed by atoms with Crippen molar-refractivity contribution in [3.8, 4) is 0 Å². The standard InChI is InChI=1S/C11H14N4O3S/c1-6-3-4-7(18-6)8(5-12)19-11-13-9(16)10(17)14-15(11)2/h3-4,8H,5,12H2,1-2H3,(H,14,17). The maximum atomic E-state index is 11.3. The van der Waals surface area contributed by atoms with Crippen molar-refractivity contribution < 1.29 is 4.42 Å². The van der Waals surface area contributed by atoms with E-state index in [1.807, 2.05) is 19.1 Å². The first kappa shape index (κ1) is 13.6. The van der Waals surface area contributed by atoms with Crippen molar-refractivity contribution in [2.45, 2.75) is 17.3 Å². The van der Waals surface area contributed by atoms with Gasteiger partial charge in [-0.3, -0.25) is 19.4 Å². The lowest BCUT2D eigenvalue weighted by molar-refractivity contribution is 0.480. The molecule has 0 aliphatic carbocycles. The predicted octanol–water partition coefficient (Wildman–Crippen LogP) is 0.162. The van der Waals surface area contributed by atoms with E-state index >= 15 is 0 Å². The lowest BCUT2D eigenvalue weighted by atomic mass is 10.3. The summed E-state index contributed by atoms with van der Waals surface area (Å²) in [6, 6.07) is 3.68. The van der Waals surface area contributed by atoms with Crippen LogP contribution in [0.4, 0.5) is 0 Å². The highest BCUT2D eigenvalue weighted by Crippen LogP contribution is 2.33. The Morgan fingerprint density at radius 3 is 2.84 bits per heavy atom. The first-order chi connectivity index (χ1) is 9.01. The van der Waals surface area contributed by atoms with E-state index in [9.17, 15) is 9.59 Å². The minimum atomic E-state index is -0.813. The summed E-state index contributed by atoms with van der Waals surface area (Å²) in [5.41, 5.74) is 4.15. The number of hydrogen-bond donors (Lipinski definition) is 2. The molecule has 0 aliphatic rings. The lowest BCUT2D eigenvalue weighted by Gasteiger charge is -2.12. The third-order valence-electron chi connectivity index (χ3n) is 2.49. The number of nitrogens with two attached hydrogens (primary N) is 1. The molecule has 0 saturated carbocycles. The summed E-state index contributed by atoms with van der Waals surface area (Å²) < 4.78 is 6.91. The zero-order valence-corrected chi connectivity index (χ0v) is 11.4. The third-order valence-corrected chi connectivity index (χ3v) is 3.77. The highest BCUT2D eigenvalue weighted by Gasteiger charge is 2.18. The van der Waals surface area contributed by atoms with Gasteiger partial charge in [0.2, 0.25) is 0 Å². The van der Waals surface area contributed by atoms with Gasteiger partial charge in [-0.1, -0.05) is 11.8 Å². The van der Waals surface area contributed by atoms with E-state index in [1.54, 1.807) is 7.05 Å². The molecule has 2 aromatic heterocycles. The number of aromatic nitrogens is 3. The minimum Gasteiger partial charge on any atom is -0.465 e. The van der Waals surface area contributed by atoms with Gasteiger partial charge in [-0.2, -0.15) is 4.98 Å². The van der Waals surface area contributed by atoms with Gasteiger partial charge >= 0.3 is 11.1 Å². The molecule has 0 aliphatic heterocycles. The van der Waals surface area contributed by atoms with Gasteiger partial charge in [-0.25, -0.2) is 0 Å². The molecular formula is C11H14N4O3S. The Morgan fingerprint density at radius 1 is 1.53 bits per heavy atom. The summed E-state index contributed by atoms with van der Waals surface area (Å²) in [6.07, 6.45) is 0. The van der Waals surface area contributed by atoms with E-state index in [4.69, 9.17) is 10.2 Å². The van der Waals surface area contributed by atoms with Gasteiger partial charge in [0, 0.05) is 13.6 Å². The van der Waals surface area contributed by atoms with Crippen LogP contribution in [0.2, 0.25) is 0 Å². The van der Waals surface area contributed by atoms with Gasteiger partial charge in [-0.15, -0.1) is 0 Å². The van der Waals surface area contributed by atoms with E-state index in [0.717, 1.165) is 5.76 Å². The Kier molecular flexibility index (Phi) is 3.91. The quantitative estimate of drug-likeness (QED) is 0.611. The predicted molar refractivity (Wildman–Crippen MR) is 71.2 cm³/mol. The van der Waals surface area contributed by atoms with E-state index in [2.05, 4.69) is 10.1 Å². The molecule has 19 heavy (non-hydrogen) atoms. The second kappa shape index (κ2) is 5.45. The number of furan rings is 1. The van der Waals surface area contributed by atoms with Crippen LogP contribution in [-0.2, 0) is 7.05 Å². The fraction of sp³-hybridized carbons (Fsp3) is 0.364. The molecule has 0 spiro atoms. The summed E-state index contributed by atoms with van der Waals surface area (Å²) in [6.45, 7) is 2.17. The Morgan fingerprint density at radius 2 is 2.26 bits per heavy atom. The van der Waals surface area contributed by atoms with Gasteiger partial charge in [0.05, 0.1) is 5.25 Å². The molecule has 2 aromatic rings. The molecule has 0 fully saturated rings. The highest BCUT2D eigenvalue weighted by atomic mass is 32.2. The molecule has 0 bridgehead atoms. The average molecular weight is 282 g/mol. The molecule has 2 heterocycles. The van der Waals surface area contributed by atoms with Crippen LogP contribution in [-0.4, -0.2) is 21.3 Å². The van der Waals surface area contributed by atoms with Crippen molar-refractivity contribution in [3.05, 3.63) is 44.4 Å². The maximum absolute atomic E-state index is 11.3. The molecule has 1 unspecified atom stereocenters. The molecule has 8 heteroatoms. The number of nitrogens with zero attached hydrogens (tertiary/aromatic N) is 2. The Labute approximate surface area is 112 Å². The average Bonchev–Trinajstić information content (AvgIpc) is 2.78. The molecule has 0 aromatic carbocycles. The van der Waals surface area contributed by atoms with E-state index in [-0.39, 0.29) is 5.25 Å². The number of rotatable bonds is 4. The number of thioether (sulfide) groups is 1. The number of nitrogens with one attached hydrogen (secondary N) is 1. The summed E-state index contributed by atoms with van der Waals surface area (Å²) in [7, 11) is 1.61. The summed E-state index contributed by atoms with van der Waals surface area (Å²) in [4.78, 5) is 26.1. The largest absolute Gasteiger partial charge is 0.465 e. The molecule has 3 N–H and O–H groups in total. The van der Waals surface area contributed by atoms with Crippen LogP contribution in [0.1, 0.15) is 16.8 Å². The van der Waals surface area contributed by atoms with Crippen molar-refractivity contribution in [3.63, 3.8) is 0 Å². The maximum Gasteiger partial charge on any atom is 0.339 e. The molecular weight excluding hydrogens is 268 g/mol. The lowest BCUT2D eigenvalue weighted by Crippen LogP contribution is -2.34. The Hall–Kier alpha value is -1.80. The number of aromatic amines is 1. The second-order valence-corrected chi connectivity index (χ2v) is 5.16. The topological polar surface area (TPSA) is 107 Å². The van der Waals surface area contributed by atoms with Crippen LogP contribution in [0.3, 0.4) is 0 Å². The van der Waals surface area contributed by atoms with Crippen LogP contribution >= 0.6 is 11.8 Å². The smallest absolute Gasteiger partial charge is 0.339 e. The molecule has 0 radical (unpaired) electrons. The van der Waals surface area contributed by atoms with E-state index in [0.29, 0.717) is 17.5 Å². The zero-order chi connectivity index (χ0) is 14.0. The van der Waals surface area contributed by atoms with Crippen LogP contribution in [0.15, 0.2) is 31.3 Å². The van der Waals surface area contributed by atoms with Gasteiger partial charge in [-0.05, 0) is 19.1 Å². The van der Waals surface area contributed by atoms with Crippen molar-refractivity contribution >= 4 is 11.8 Å². The molecule has 1 atom stereocenters. The van der Waals surface area contributed by atoms with Crippen molar-refractivity contribution in [2.75, 3.05) is 6.54 Å².